The number of carbonyl (C=O) groups excluding carboxylic acids is 1. The van der Waals surface area contributed by atoms with Crippen LogP contribution in [-0.2, 0) is 9.22 Å². The maximum atomic E-state index is 11.2. The first-order valence-corrected chi connectivity index (χ1v) is 11.8. The standard InChI is InChI=1S/C18H38O2Si/c1-7-8-9-10-11-12-13-14-15-17(16-19)20-21(5,6)18(2,3)4/h16-17H,7-15H2,1-6H3. The third-order valence-electron chi connectivity index (χ3n) is 4.75. The van der Waals surface area contributed by atoms with Crippen LogP contribution in [-0.4, -0.2) is 20.7 Å². The highest BCUT2D eigenvalue weighted by Crippen LogP contribution is 2.37. The SMILES string of the molecule is CCCCCCCCCCC(C=O)O[Si](C)(C)C(C)(C)C. The Hall–Kier alpha value is -0.153. The van der Waals surface area contributed by atoms with Crippen molar-refractivity contribution in [3.05, 3.63) is 0 Å². The molecule has 3 heteroatoms. The van der Waals surface area contributed by atoms with Crippen molar-refractivity contribution in [2.75, 3.05) is 0 Å². The number of carbonyl (C=O) groups is 1. The van der Waals surface area contributed by atoms with Gasteiger partial charge in [0.2, 0.25) is 0 Å². The van der Waals surface area contributed by atoms with Gasteiger partial charge in [0.15, 0.2) is 8.32 Å². The molecule has 0 spiro atoms. The average molecular weight is 315 g/mol. The molecule has 2 nitrogen and oxygen atoms in total. The highest BCUT2D eigenvalue weighted by Gasteiger charge is 2.38. The van der Waals surface area contributed by atoms with Gasteiger partial charge in [-0.1, -0.05) is 79.1 Å². The molecule has 1 atom stereocenters. The molecule has 0 rings (SSSR count). The van der Waals surface area contributed by atoms with Gasteiger partial charge in [0.1, 0.15) is 12.4 Å². The Morgan fingerprint density at radius 2 is 1.43 bits per heavy atom. The molecule has 0 fully saturated rings. The van der Waals surface area contributed by atoms with Gasteiger partial charge < -0.3 is 9.22 Å². The van der Waals surface area contributed by atoms with Gasteiger partial charge in [0, 0.05) is 0 Å². The average Bonchev–Trinajstić information content (AvgIpc) is 2.39. The van der Waals surface area contributed by atoms with Gasteiger partial charge in [-0.25, -0.2) is 0 Å². The fraction of sp³-hybridized carbons (Fsp3) is 0.944. The van der Waals surface area contributed by atoms with E-state index in [9.17, 15) is 4.79 Å². The second-order valence-electron chi connectivity index (χ2n) is 7.82. The molecule has 0 amide bonds. The lowest BCUT2D eigenvalue weighted by Gasteiger charge is -2.38. The molecular weight excluding hydrogens is 276 g/mol. The number of unbranched alkanes of at least 4 members (excludes halogenated alkanes) is 7. The third-order valence-corrected chi connectivity index (χ3v) is 9.25. The molecule has 0 aliphatic heterocycles. The van der Waals surface area contributed by atoms with Crippen LogP contribution in [0.1, 0.15) is 85.5 Å². The monoisotopic (exact) mass is 314 g/mol. The second kappa shape index (κ2) is 10.6. The first-order valence-electron chi connectivity index (χ1n) is 8.87. The van der Waals surface area contributed by atoms with Gasteiger partial charge in [-0.2, -0.15) is 0 Å². The molecule has 0 N–H and O–H groups in total. The highest BCUT2D eigenvalue weighted by molar-refractivity contribution is 6.74. The van der Waals surface area contributed by atoms with Crippen molar-refractivity contribution in [2.24, 2.45) is 0 Å². The number of hydrogen-bond donors (Lipinski definition) is 0. The van der Waals surface area contributed by atoms with E-state index in [1.807, 2.05) is 0 Å². The zero-order chi connectivity index (χ0) is 16.4. The quantitative estimate of drug-likeness (QED) is 0.247. The molecule has 0 aliphatic carbocycles. The van der Waals surface area contributed by atoms with Crippen molar-refractivity contribution in [2.45, 2.75) is 110 Å². The molecule has 0 saturated carbocycles. The van der Waals surface area contributed by atoms with E-state index >= 15 is 0 Å². The summed E-state index contributed by atoms with van der Waals surface area (Å²) in [6.07, 6.45) is 12.1. The highest BCUT2D eigenvalue weighted by atomic mass is 28.4. The largest absolute Gasteiger partial charge is 0.407 e. The Bertz CT molecular complexity index is 269. The summed E-state index contributed by atoms with van der Waals surface area (Å²) < 4.78 is 6.18. The normalized spacial score (nSPS) is 14.2. The van der Waals surface area contributed by atoms with Crippen molar-refractivity contribution in [3.63, 3.8) is 0 Å². The van der Waals surface area contributed by atoms with Gasteiger partial charge in [-0.15, -0.1) is 0 Å². The fourth-order valence-electron chi connectivity index (χ4n) is 2.19. The molecule has 21 heavy (non-hydrogen) atoms. The van der Waals surface area contributed by atoms with Gasteiger partial charge in [0.25, 0.3) is 0 Å². The van der Waals surface area contributed by atoms with E-state index in [4.69, 9.17) is 4.43 Å². The zero-order valence-corrected chi connectivity index (χ0v) is 16.3. The maximum Gasteiger partial charge on any atom is 0.193 e. The third kappa shape index (κ3) is 9.46. The minimum atomic E-state index is -1.81. The van der Waals surface area contributed by atoms with Gasteiger partial charge in [0.05, 0.1) is 0 Å². The van der Waals surface area contributed by atoms with Crippen LogP contribution >= 0.6 is 0 Å². The molecule has 0 aromatic rings. The number of aldehydes is 1. The van der Waals surface area contributed by atoms with Crippen LogP contribution in [0.5, 0.6) is 0 Å². The van der Waals surface area contributed by atoms with Crippen LogP contribution in [0.25, 0.3) is 0 Å². The summed E-state index contributed by atoms with van der Waals surface area (Å²) in [5.41, 5.74) is 0. The summed E-state index contributed by atoms with van der Waals surface area (Å²) in [5.74, 6) is 0. The van der Waals surface area contributed by atoms with E-state index in [1.54, 1.807) is 0 Å². The topological polar surface area (TPSA) is 26.3 Å². The summed E-state index contributed by atoms with van der Waals surface area (Å²) in [4.78, 5) is 11.2. The van der Waals surface area contributed by atoms with Gasteiger partial charge in [-0.3, -0.25) is 0 Å². The van der Waals surface area contributed by atoms with Gasteiger partial charge >= 0.3 is 0 Å². The van der Waals surface area contributed by atoms with Crippen molar-refractivity contribution >= 4 is 14.6 Å². The maximum absolute atomic E-state index is 11.2. The van der Waals surface area contributed by atoms with E-state index in [2.05, 4.69) is 40.8 Å². The Morgan fingerprint density at radius 1 is 0.952 bits per heavy atom. The summed E-state index contributed by atoms with van der Waals surface area (Å²) in [6.45, 7) is 13.3. The van der Waals surface area contributed by atoms with Crippen molar-refractivity contribution in [1.82, 2.24) is 0 Å². The molecule has 126 valence electrons. The lowest BCUT2D eigenvalue weighted by atomic mass is 10.1. The van der Waals surface area contributed by atoms with E-state index in [-0.39, 0.29) is 11.1 Å². The summed E-state index contributed by atoms with van der Waals surface area (Å²) in [6, 6.07) is 0. The molecule has 0 aromatic carbocycles. The lowest BCUT2D eigenvalue weighted by Crippen LogP contribution is -2.44. The summed E-state index contributed by atoms with van der Waals surface area (Å²) in [7, 11) is -1.81. The Labute approximate surface area is 134 Å². The Kier molecular flexibility index (Phi) is 10.5. The van der Waals surface area contributed by atoms with Crippen LogP contribution < -0.4 is 0 Å². The van der Waals surface area contributed by atoms with Crippen LogP contribution in [0.4, 0.5) is 0 Å². The smallest absolute Gasteiger partial charge is 0.193 e. The van der Waals surface area contributed by atoms with Crippen LogP contribution in [0.3, 0.4) is 0 Å². The first kappa shape index (κ1) is 20.8. The van der Waals surface area contributed by atoms with Crippen molar-refractivity contribution in [1.29, 1.82) is 0 Å². The van der Waals surface area contributed by atoms with E-state index in [1.165, 1.54) is 44.9 Å². The van der Waals surface area contributed by atoms with Crippen LogP contribution in [0, 0.1) is 0 Å². The van der Waals surface area contributed by atoms with E-state index in [0.29, 0.717) is 0 Å². The summed E-state index contributed by atoms with van der Waals surface area (Å²) >= 11 is 0. The Morgan fingerprint density at radius 3 is 1.86 bits per heavy atom. The van der Waals surface area contributed by atoms with Crippen molar-refractivity contribution in [3.8, 4) is 0 Å². The molecule has 0 aromatic heterocycles. The van der Waals surface area contributed by atoms with E-state index < -0.39 is 8.32 Å². The lowest BCUT2D eigenvalue weighted by molar-refractivity contribution is -0.114. The summed E-state index contributed by atoms with van der Waals surface area (Å²) in [5, 5.41) is 0.174. The first-order chi connectivity index (χ1) is 9.74. The minimum Gasteiger partial charge on any atom is -0.407 e. The predicted molar refractivity (Wildman–Crippen MR) is 95.4 cm³/mol. The van der Waals surface area contributed by atoms with Gasteiger partial charge in [-0.05, 0) is 24.6 Å². The molecule has 0 saturated heterocycles. The molecule has 0 heterocycles. The molecule has 0 aliphatic rings. The van der Waals surface area contributed by atoms with E-state index in [0.717, 1.165) is 19.1 Å². The number of rotatable bonds is 12. The number of hydrogen-bond acceptors (Lipinski definition) is 2. The fourth-order valence-corrected chi connectivity index (χ4v) is 3.47. The molecule has 0 bridgehead atoms. The second-order valence-corrected chi connectivity index (χ2v) is 12.6. The zero-order valence-electron chi connectivity index (χ0n) is 15.3. The molecule has 0 radical (unpaired) electrons. The van der Waals surface area contributed by atoms with Crippen LogP contribution in [0.15, 0.2) is 0 Å². The predicted octanol–water partition coefficient (Wildman–Crippen LogP) is 6.11. The molecular formula is C18H38O2Si. The molecule has 1 unspecified atom stereocenters. The van der Waals surface area contributed by atoms with Crippen LogP contribution in [0.2, 0.25) is 18.1 Å². The minimum absolute atomic E-state index is 0.174. The van der Waals surface area contributed by atoms with Crippen molar-refractivity contribution < 1.29 is 9.22 Å². The Balaban J connectivity index is 3.84.